The summed E-state index contributed by atoms with van der Waals surface area (Å²) in [6.45, 7) is 4.78. The standard InChI is InChI=1S/C13H20N4O3S/c1-10(2)14-7-11-6-13(9-17(11)3)21(18,19)16-8-12-4-5-15-20-12/h4-6,9-10,14,16H,7-8H2,1-3H3. The quantitative estimate of drug-likeness (QED) is 0.796. The zero-order chi connectivity index (χ0) is 15.5. The van der Waals surface area contributed by atoms with Gasteiger partial charge in [-0.3, -0.25) is 0 Å². The van der Waals surface area contributed by atoms with E-state index in [2.05, 4.69) is 15.2 Å². The average molecular weight is 312 g/mol. The van der Waals surface area contributed by atoms with Crippen molar-refractivity contribution < 1.29 is 12.9 Å². The summed E-state index contributed by atoms with van der Waals surface area (Å²) >= 11 is 0. The largest absolute Gasteiger partial charge is 0.360 e. The van der Waals surface area contributed by atoms with Gasteiger partial charge >= 0.3 is 0 Å². The van der Waals surface area contributed by atoms with Gasteiger partial charge in [-0.05, 0) is 6.07 Å². The Labute approximate surface area is 124 Å². The van der Waals surface area contributed by atoms with Crippen molar-refractivity contribution in [3.8, 4) is 0 Å². The highest BCUT2D eigenvalue weighted by molar-refractivity contribution is 7.89. The summed E-state index contributed by atoms with van der Waals surface area (Å²) in [6.07, 6.45) is 3.07. The summed E-state index contributed by atoms with van der Waals surface area (Å²) in [4.78, 5) is 0.241. The van der Waals surface area contributed by atoms with Gasteiger partial charge in [0.25, 0.3) is 0 Å². The van der Waals surface area contributed by atoms with Crippen LogP contribution in [-0.2, 0) is 30.2 Å². The van der Waals surface area contributed by atoms with Crippen molar-refractivity contribution in [2.24, 2.45) is 7.05 Å². The van der Waals surface area contributed by atoms with Gasteiger partial charge < -0.3 is 14.4 Å². The molecule has 0 amide bonds. The van der Waals surface area contributed by atoms with Crippen LogP contribution in [0.2, 0.25) is 0 Å². The summed E-state index contributed by atoms with van der Waals surface area (Å²) in [7, 11) is -1.74. The van der Waals surface area contributed by atoms with Crippen molar-refractivity contribution in [1.82, 2.24) is 19.8 Å². The van der Waals surface area contributed by atoms with Crippen LogP contribution in [0.15, 0.2) is 33.9 Å². The van der Waals surface area contributed by atoms with Crippen LogP contribution >= 0.6 is 0 Å². The Hall–Kier alpha value is -1.64. The van der Waals surface area contributed by atoms with Crippen LogP contribution in [0.4, 0.5) is 0 Å². The van der Waals surface area contributed by atoms with Crippen LogP contribution in [0.25, 0.3) is 0 Å². The molecule has 7 nitrogen and oxygen atoms in total. The Morgan fingerprint density at radius 1 is 1.38 bits per heavy atom. The van der Waals surface area contributed by atoms with E-state index >= 15 is 0 Å². The Balaban J connectivity index is 2.07. The van der Waals surface area contributed by atoms with E-state index in [1.807, 2.05) is 20.9 Å². The first-order valence-electron chi connectivity index (χ1n) is 6.66. The van der Waals surface area contributed by atoms with Crippen LogP contribution in [0.3, 0.4) is 0 Å². The molecule has 0 saturated carbocycles. The molecule has 0 unspecified atom stereocenters. The smallest absolute Gasteiger partial charge is 0.242 e. The van der Waals surface area contributed by atoms with Crippen molar-refractivity contribution in [2.45, 2.75) is 37.9 Å². The fraction of sp³-hybridized carbons (Fsp3) is 0.462. The maximum absolute atomic E-state index is 12.2. The van der Waals surface area contributed by atoms with E-state index in [-0.39, 0.29) is 11.4 Å². The Morgan fingerprint density at radius 2 is 2.14 bits per heavy atom. The molecular formula is C13H20N4O3S. The first-order valence-corrected chi connectivity index (χ1v) is 8.14. The SMILES string of the molecule is CC(C)NCc1cc(S(=O)(=O)NCc2ccno2)cn1C. The van der Waals surface area contributed by atoms with Crippen molar-refractivity contribution in [3.63, 3.8) is 0 Å². The molecule has 0 aromatic carbocycles. The maximum atomic E-state index is 12.2. The Bertz CT molecular complexity index is 674. The van der Waals surface area contributed by atoms with Gasteiger partial charge in [-0.2, -0.15) is 0 Å². The number of rotatable bonds is 7. The molecule has 0 aliphatic carbocycles. The molecule has 0 radical (unpaired) electrons. The fourth-order valence-corrected chi connectivity index (χ4v) is 2.88. The molecule has 0 atom stereocenters. The van der Waals surface area contributed by atoms with Crippen molar-refractivity contribution in [2.75, 3.05) is 0 Å². The predicted octanol–water partition coefficient (Wildman–Crippen LogP) is 0.990. The summed E-state index contributed by atoms with van der Waals surface area (Å²) in [5.41, 5.74) is 0.906. The summed E-state index contributed by atoms with van der Waals surface area (Å²) in [5, 5.41) is 6.79. The molecule has 2 aromatic rings. The van der Waals surface area contributed by atoms with E-state index in [0.29, 0.717) is 18.3 Å². The molecule has 0 aliphatic rings. The van der Waals surface area contributed by atoms with Gasteiger partial charge in [0, 0.05) is 37.6 Å². The lowest BCUT2D eigenvalue weighted by atomic mass is 10.3. The highest BCUT2D eigenvalue weighted by atomic mass is 32.2. The third-order valence-electron chi connectivity index (χ3n) is 3.01. The number of hydrogen-bond acceptors (Lipinski definition) is 5. The predicted molar refractivity (Wildman–Crippen MR) is 77.9 cm³/mol. The van der Waals surface area contributed by atoms with Gasteiger partial charge in [0.15, 0.2) is 5.76 Å². The van der Waals surface area contributed by atoms with Gasteiger partial charge in [0.2, 0.25) is 10.0 Å². The number of nitrogens with one attached hydrogen (secondary N) is 2. The number of aryl methyl sites for hydroxylation is 1. The van der Waals surface area contributed by atoms with E-state index in [9.17, 15) is 8.42 Å². The topological polar surface area (TPSA) is 89.2 Å². The summed E-state index contributed by atoms with van der Waals surface area (Å²) < 4.78 is 33.6. The first-order chi connectivity index (χ1) is 9.88. The maximum Gasteiger partial charge on any atom is 0.242 e. The fourth-order valence-electron chi connectivity index (χ4n) is 1.79. The normalized spacial score (nSPS) is 12.2. The molecule has 21 heavy (non-hydrogen) atoms. The van der Waals surface area contributed by atoms with Gasteiger partial charge in [-0.1, -0.05) is 19.0 Å². The van der Waals surface area contributed by atoms with E-state index in [4.69, 9.17) is 4.52 Å². The Morgan fingerprint density at radius 3 is 2.76 bits per heavy atom. The number of aromatic nitrogens is 2. The van der Waals surface area contributed by atoms with Crippen molar-refractivity contribution >= 4 is 10.0 Å². The third-order valence-corrected chi connectivity index (χ3v) is 4.38. The molecule has 0 spiro atoms. The van der Waals surface area contributed by atoms with Crippen LogP contribution in [0.1, 0.15) is 25.3 Å². The second kappa shape index (κ2) is 6.42. The second-order valence-electron chi connectivity index (χ2n) is 5.12. The number of sulfonamides is 1. The molecule has 0 aliphatic heterocycles. The van der Waals surface area contributed by atoms with E-state index in [1.165, 1.54) is 6.20 Å². The number of nitrogens with zero attached hydrogens (tertiary/aromatic N) is 2. The van der Waals surface area contributed by atoms with Crippen molar-refractivity contribution in [3.05, 3.63) is 36.0 Å². The molecule has 2 N–H and O–H groups in total. The lowest BCUT2D eigenvalue weighted by Gasteiger charge is -2.08. The molecule has 0 bridgehead atoms. The second-order valence-corrected chi connectivity index (χ2v) is 6.88. The molecule has 0 saturated heterocycles. The monoisotopic (exact) mass is 312 g/mol. The van der Waals surface area contributed by atoms with Crippen LogP contribution in [-0.4, -0.2) is 24.2 Å². The molecule has 0 fully saturated rings. The van der Waals surface area contributed by atoms with Crippen LogP contribution < -0.4 is 10.0 Å². The van der Waals surface area contributed by atoms with Crippen molar-refractivity contribution in [1.29, 1.82) is 0 Å². The number of hydrogen-bond donors (Lipinski definition) is 2. The molecule has 2 rings (SSSR count). The minimum atomic E-state index is -3.56. The average Bonchev–Trinajstić information content (AvgIpc) is 3.04. The van der Waals surface area contributed by atoms with E-state index in [1.54, 1.807) is 22.9 Å². The van der Waals surface area contributed by atoms with E-state index < -0.39 is 10.0 Å². The summed E-state index contributed by atoms with van der Waals surface area (Å²) in [6, 6.07) is 3.62. The van der Waals surface area contributed by atoms with Gasteiger partial charge in [-0.25, -0.2) is 13.1 Å². The minimum Gasteiger partial charge on any atom is -0.360 e. The highest BCUT2D eigenvalue weighted by Crippen LogP contribution is 2.14. The zero-order valence-corrected chi connectivity index (χ0v) is 13.1. The lowest BCUT2D eigenvalue weighted by molar-refractivity contribution is 0.380. The molecule has 2 aromatic heterocycles. The lowest BCUT2D eigenvalue weighted by Crippen LogP contribution is -2.23. The van der Waals surface area contributed by atoms with E-state index in [0.717, 1.165) is 5.69 Å². The van der Waals surface area contributed by atoms with Crippen LogP contribution in [0, 0.1) is 0 Å². The third kappa shape index (κ3) is 4.16. The highest BCUT2D eigenvalue weighted by Gasteiger charge is 2.18. The zero-order valence-electron chi connectivity index (χ0n) is 12.3. The Kier molecular flexibility index (Phi) is 4.81. The van der Waals surface area contributed by atoms with Crippen LogP contribution in [0.5, 0.6) is 0 Å². The molecule has 116 valence electrons. The molecule has 8 heteroatoms. The summed E-state index contributed by atoms with van der Waals surface area (Å²) in [5.74, 6) is 0.469. The van der Waals surface area contributed by atoms with Gasteiger partial charge in [-0.15, -0.1) is 0 Å². The molecular weight excluding hydrogens is 292 g/mol. The molecule has 2 heterocycles. The minimum absolute atomic E-state index is 0.0802. The van der Waals surface area contributed by atoms with Gasteiger partial charge in [0.05, 0.1) is 17.6 Å². The first kappa shape index (κ1) is 15.7. The van der Waals surface area contributed by atoms with Gasteiger partial charge in [0.1, 0.15) is 0 Å².